The van der Waals surface area contributed by atoms with Crippen molar-refractivity contribution in [1.29, 1.82) is 0 Å². The molecule has 0 radical (unpaired) electrons. The summed E-state index contributed by atoms with van der Waals surface area (Å²) in [7, 11) is 0. The molecule has 0 bridgehead atoms. The number of allylic oxidation sites excluding steroid dienone is 2. The summed E-state index contributed by atoms with van der Waals surface area (Å²) in [6.45, 7) is 0. The molecular formula is C18H13N. The van der Waals surface area contributed by atoms with E-state index in [-0.39, 0.29) is 0 Å². The Morgan fingerprint density at radius 1 is 0.895 bits per heavy atom. The van der Waals surface area contributed by atoms with Crippen LogP contribution < -0.4 is 10.4 Å². The predicted molar refractivity (Wildman–Crippen MR) is 79.4 cm³/mol. The molecule has 0 N–H and O–H groups in total. The van der Waals surface area contributed by atoms with Crippen LogP contribution in [0, 0.1) is 0 Å². The lowest BCUT2D eigenvalue weighted by Crippen LogP contribution is -2.27. The molecule has 0 fully saturated rings. The fourth-order valence-electron chi connectivity index (χ4n) is 2.86. The molecule has 2 aromatic rings. The van der Waals surface area contributed by atoms with E-state index in [9.17, 15) is 0 Å². The largest absolute Gasteiger partial charge is 0.257 e. The van der Waals surface area contributed by atoms with Crippen LogP contribution in [-0.4, -0.2) is 6.21 Å². The van der Waals surface area contributed by atoms with E-state index in [2.05, 4.69) is 65.7 Å². The SMILES string of the molecule is C1=NC2=CCc3ccccc3C2=c2ccccc2=C1. The first kappa shape index (κ1) is 10.5. The Morgan fingerprint density at radius 2 is 1.74 bits per heavy atom. The van der Waals surface area contributed by atoms with Gasteiger partial charge in [-0.2, -0.15) is 0 Å². The van der Waals surface area contributed by atoms with E-state index in [0.29, 0.717) is 0 Å². The minimum atomic E-state index is 0.967. The fourth-order valence-corrected chi connectivity index (χ4v) is 2.86. The lowest BCUT2D eigenvalue weighted by Gasteiger charge is -2.17. The molecule has 0 unspecified atom stereocenters. The van der Waals surface area contributed by atoms with E-state index >= 15 is 0 Å². The van der Waals surface area contributed by atoms with Crippen LogP contribution in [0.25, 0.3) is 11.6 Å². The van der Waals surface area contributed by atoms with Crippen LogP contribution in [0.2, 0.25) is 0 Å². The second-order valence-corrected chi connectivity index (χ2v) is 4.86. The normalized spacial score (nSPS) is 15.6. The lowest BCUT2D eigenvalue weighted by molar-refractivity contribution is 1.17. The van der Waals surface area contributed by atoms with Gasteiger partial charge in [-0.05, 0) is 34.1 Å². The summed E-state index contributed by atoms with van der Waals surface area (Å²) in [5, 5.41) is 2.51. The summed E-state index contributed by atoms with van der Waals surface area (Å²) in [6.07, 6.45) is 7.19. The molecule has 0 saturated heterocycles. The molecule has 2 aliphatic rings. The average molecular weight is 243 g/mol. The van der Waals surface area contributed by atoms with E-state index in [1.54, 1.807) is 0 Å². The van der Waals surface area contributed by atoms with Crippen molar-refractivity contribution in [2.24, 2.45) is 4.99 Å². The predicted octanol–water partition coefficient (Wildman–Crippen LogP) is 2.19. The van der Waals surface area contributed by atoms with Crippen molar-refractivity contribution < 1.29 is 0 Å². The van der Waals surface area contributed by atoms with Crippen LogP contribution in [0.3, 0.4) is 0 Å². The second-order valence-electron chi connectivity index (χ2n) is 4.86. The first-order valence-electron chi connectivity index (χ1n) is 6.56. The topological polar surface area (TPSA) is 12.4 Å². The van der Waals surface area contributed by atoms with Gasteiger partial charge in [0.25, 0.3) is 0 Å². The Labute approximate surface area is 111 Å². The highest BCUT2D eigenvalue weighted by Crippen LogP contribution is 2.30. The van der Waals surface area contributed by atoms with Crippen LogP contribution in [0.4, 0.5) is 0 Å². The molecule has 19 heavy (non-hydrogen) atoms. The Morgan fingerprint density at radius 3 is 2.74 bits per heavy atom. The van der Waals surface area contributed by atoms with Crippen LogP contribution in [-0.2, 0) is 6.42 Å². The van der Waals surface area contributed by atoms with Crippen molar-refractivity contribution >= 4 is 17.9 Å². The number of rotatable bonds is 0. The van der Waals surface area contributed by atoms with Crippen molar-refractivity contribution in [2.75, 3.05) is 0 Å². The van der Waals surface area contributed by atoms with E-state index in [1.165, 1.54) is 27.1 Å². The zero-order valence-electron chi connectivity index (χ0n) is 10.5. The lowest BCUT2D eigenvalue weighted by atomic mass is 9.88. The summed E-state index contributed by atoms with van der Waals surface area (Å²) < 4.78 is 0. The van der Waals surface area contributed by atoms with Gasteiger partial charge in [-0.3, -0.25) is 4.99 Å². The van der Waals surface area contributed by atoms with Crippen LogP contribution in [0.1, 0.15) is 11.1 Å². The second kappa shape index (κ2) is 4.06. The standard InChI is InChI=1S/C18H13N/c1-3-7-15-13(5-1)9-10-17-18(15)16-8-4-2-6-14(16)11-12-19-17/h1-8,10-12H,9H2. The van der Waals surface area contributed by atoms with Gasteiger partial charge in [0.1, 0.15) is 0 Å². The third kappa shape index (κ3) is 1.59. The molecule has 0 atom stereocenters. The highest BCUT2D eigenvalue weighted by molar-refractivity contribution is 5.96. The molecule has 1 aliphatic carbocycles. The quantitative estimate of drug-likeness (QED) is 0.672. The number of hydrogen-bond acceptors (Lipinski definition) is 1. The first-order valence-corrected chi connectivity index (χ1v) is 6.56. The summed E-state index contributed by atoms with van der Waals surface area (Å²) in [5.41, 5.74) is 5.07. The van der Waals surface area contributed by atoms with Gasteiger partial charge in [-0.1, -0.05) is 54.6 Å². The smallest absolute Gasteiger partial charge is 0.0677 e. The number of fused-ring (bicyclic) bond motifs is 4. The minimum absolute atomic E-state index is 0.967. The Hall–Kier alpha value is -2.41. The number of nitrogens with zero attached hydrogens (tertiary/aromatic N) is 1. The van der Waals surface area contributed by atoms with Gasteiger partial charge in [-0.25, -0.2) is 0 Å². The molecule has 4 rings (SSSR count). The highest BCUT2D eigenvalue weighted by Gasteiger charge is 2.17. The zero-order valence-corrected chi connectivity index (χ0v) is 10.5. The van der Waals surface area contributed by atoms with Gasteiger partial charge in [0.15, 0.2) is 0 Å². The maximum atomic E-state index is 4.60. The molecule has 2 aromatic carbocycles. The van der Waals surface area contributed by atoms with Crippen LogP contribution >= 0.6 is 0 Å². The van der Waals surface area contributed by atoms with Crippen LogP contribution in [0.5, 0.6) is 0 Å². The molecule has 0 saturated carbocycles. The first-order chi connectivity index (χ1) is 9.43. The van der Waals surface area contributed by atoms with Crippen molar-refractivity contribution in [1.82, 2.24) is 0 Å². The summed E-state index contributed by atoms with van der Waals surface area (Å²) in [5.74, 6) is 0. The maximum absolute atomic E-state index is 4.60. The van der Waals surface area contributed by atoms with Crippen molar-refractivity contribution in [3.05, 3.63) is 81.9 Å². The van der Waals surface area contributed by atoms with Crippen molar-refractivity contribution in [3.8, 4) is 0 Å². The molecule has 90 valence electrons. The zero-order chi connectivity index (χ0) is 12.7. The Bertz CT molecular complexity index is 838. The van der Waals surface area contributed by atoms with Gasteiger partial charge in [-0.15, -0.1) is 0 Å². The van der Waals surface area contributed by atoms with E-state index in [0.717, 1.165) is 12.1 Å². The van der Waals surface area contributed by atoms with Gasteiger partial charge in [0.2, 0.25) is 0 Å². The van der Waals surface area contributed by atoms with Crippen molar-refractivity contribution in [3.63, 3.8) is 0 Å². The van der Waals surface area contributed by atoms with Gasteiger partial charge >= 0.3 is 0 Å². The van der Waals surface area contributed by atoms with Gasteiger partial charge < -0.3 is 0 Å². The maximum Gasteiger partial charge on any atom is 0.0677 e. The summed E-state index contributed by atoms with van der Waals surface area (Å²) in [4.78, 5) is 4.60. The van der Waals surface area contributed by atoms with E-state index in [1.807, 2.05) is 6.21 Å². The van der Waals surface area contributed by atoms with Crippen LogP contribution in [0.15, 0.2) is 65.3 Å². The minimum Gasteiger partial charge on any atom is -0.257 e. The third-order valence-electron chi connectivity index (χ3n) is 3.76. The molecule has 0 spiro atoms. The van der Waals surface area contributed by atoms with Crippen molar-refractivity contribution in [2.45, 2.75) is 6.42 Å². The summed E-state index contributed by atoms with van der Waals surface area (Å²) in [6, 6.07) is 17.1. The molecule has 1 nitrogen and oxygen atoms in total. The van der Waals surface area contributed by atoms with Gasteiger partial charge in [0, 0.05) is 11.8 Å². The number of hydrogen-bond donors (Lipinski definition) is 0. The monoisotopic (exact) mass is 243 g/mol. The molecule has 1 heteroatoms. The molecule has 1 heterocycles. The molecule has 0 amide bonds. The average Bonchev–Trinajstić information content (AvgIpc) is 2.66. The van der Waals surface area contributed by atoms with Gasteiger partial charge in [0.05, 0.1) is 5.70 Å². The Balaban J connectivity index is 2.21. The molecule has 1 aliphatic heterocycles. The fraction of sp³-hybridized carbons (Fsp3) is 0.0556. The number of aliphatic imine (C=N–C) groups is 1. The highest BCUT2D eigenvalue weighted by atomic mass is 14.7. The molecule has 0 aromatic heterocycles. The number of benzene rings is 2. The molecular weight excluding hydrogens is 230 g/mol. The summed E-state index contributed by atoms with van der Waals surface area (Å²) >= 11 is 0. The Kier molecular flexibility index (Phi) is 2.25. The van der Waals surface area contributed by atoms with E-state index < -0.39 is 0 Å². The van der Waals surface area contributed by atoms with E-state index in [4.69, 9.17) is 0 Å². The third-order valence-corrected chi connectivity index (χ3v) is 3.76.